The fourth-order valence-electron chi connectivity index (χ4n) is 6.27. The number of rotatable bonds is 10. The van der Waals surface area contributed by atoms with Crippen LogP contribution in [0.3, 0.4) is 0 Å². The summed E-state index contributed by atoms with van der Waals surface area (Å²) in [6.45, 7) is 0. The maximum Gasteiger partial charge on any atom is 0.189 e. The molecule has 0 amide bonds. The molecule has 0 aliphatic carbocycles. The Morgan fingerprint density at radius 2 is 1.00 bits per heavy atom. The average Bonchev–Trinajstić information content (AvgIpc) is 2.98. The van der Waals surface area contributed by atoms with Crippen molar-refractivity contribution in [3.8, 4) is 0 Å². The molecule has 4 aromatic carbocycles. The normalized spacial score (nSPS) is 28.7. The lowest BCUT2D eigenvalue weighted by atomic mass is 9.59. The second-order valence-corrected chi connectivity index (χ2v) is 11.1. The fourth-order valence-corrected chi connectivity index (χ4v) is 6.27. The molecule has 0 aromatic heterocycles. The van der Waals surface area contributed by atoms with Crippen molar-refractivity contribution >= 4 is 0 Å². The SMILES string of the molecule is COC1O[C@H](C(O)Cc2ccccc2)[C@](O)(Cc2ccccc2)[C@@](O)(Cc2ccccc2)[C@@]1(O)Cc1ccccc1. The van der Waals surface area contributed by atoms with Crippen LogP contribution in [0.15, 0.2) is 121 Å². The van der Waals surface area contributed by atoms with Gasteiger partial charge in [-0.05, 0) is 22.3 Å². The Morgan fingerprint density at radius 1 is 0.610 bits per heavy atom. The van der Waals surface area contributed by atoms with Crippen molar-refractivity contribution in [3.63, 3.8) is 0 Å². The summed E-state index contributed by atoms with van der Waals surface area (Å²) in [4.78, 5) is 0. The van der Waals surface area contributed by atoms with Gasteiger partial charge in [0.15, 0.2) is 11.9 Å². The molecule has 0 bridgehead atoms. The molecule has 4 aromatic rings. The number of ether oxygens (including phenoxy) is 2. The van der Waals surface area contributed by atoms with Crippen molar-refractivity contribution in [2.45, 2.75) is 61.0 Å². The van der Waals surface area contributed by atoms with Crippen LogP contribution in [-0.2, 0) is 35.2 Å². The number of methoxy groups -OCH3 is 1. The molecule has 2 unspecified atom stereocenters. The minimum absolute atomic E-state index is 0.0612. The topological polar surface area (TPSA) is 99.4 Å². The fraction of sp³-hybridized carbons (Fsp3) is 0.314. The summed E-state index contributed by atoms with van der Waals surface area (Å²) in [5, 5.41) is 50.2. The summed E-state index contributed by atoms with van der Waals surface area (Å²) in [5.41, 5.74) is -3.47. The number of aliphatic hydroxyl groups is 4. The van der Waals surface area contributed by atoms with Gasteiger partial charge in [-0.3, -0.25) is 0 Å². The van der Waals surface area contributed by atoms with E-state index in [0.29, 0.717) is 5.56 Å². The largest absolute Gasteiger partial charge is 0.390 e. The third-order valence-electron chi connectivity index (χ3n) is 8.35. The van der Waals surface area contributed by atoms with E-state index < -0.39 is 35.3 Å². The van der Waals surface area contributed by atoms with Gasteiger partial charge in [0, 0.05) is 32.8 Å². The van der Waals surface area contributed by atoms with Crippen LogP contribution in [0, 0.1) is 0 Å². The van der Waals surface area contributed by atoms with Crippen molar-refractivity contribution in [1.29, 1.82) is 0 Å². The van der Waals surface area contributed by atoms with Gasteiger partial charge in [-0.2, -0.15) is 0 Å². The zero-order valence-electron chi connectivity index (χ0n) is 23.2. The summed E-state index contributed by atoms with van der Waals surface area (Å²) < 4.78 is 12.1. The Balaban J connectivity index is 1.68. The van der Waals surface area contributed by atoms with Gasteiger partial charge < -0.3 is 29.9 Å². The monoisotopic (exact) mass is 554 g/mol. The van der Waals surface area contributed by atoms with E-state index in [4.69, 9.17) is 9.47 Å². The summed E-state index contributed by atoms with van der Waals surface area (Å²) in [5.74, 6) is 0. The predicted molar refractivity (Wildman–Crippen MR) is 157 cm³/mol. The molecule has 6 nitrogen and oxygen atoms in total. The molecule has 5 rings (SSSR count). The smallest absolute Gasteiger partial charge is 0.189 e. The number of hydrogen-bond donors (Lipinski definition) is 4. The van der Waals surface area contributed by atoms with Crippen molar-refractivity contribution in [2.75, 3.05) is 7.11 Å². The third-order valence-corrected chi connectivity index (χ3v) is 8.35. The van der Waals surface area contributed by atoms with Gasteiger partial charge in [0.05, 0.1) is 6.10 Å². The van der Waals surface area contributed by atoms with Crippen molar-refractivity contribution in [2.24, 2.45) is 0 Å². The zero-order chi connectivity index (χ0) is 28.9. The maximum atomic E-state index is 13.0. The first-order valence-electron chi connectivity index (χ1n) is 14.0. The molecule has 1 saturated heterocycles. The summed E-state index contributed by atoms with van der Waals surface area (Å²) in [6, 6.07) is 37.2. The Kier molecular flexibility index (Phi) is 8.71. The van der Waals surface area contributed by atoms with Gasteiger partial charge in [-0.25, -0.2) is 0 Å². The number of aliphatic hydroxyl groups excluding tert-OH is 1. The van der Waals surface area contributed by atoms with Crippen LogP contribution in [0.2, 0.25) is 0 Å². The molecule has 41 heavy (non-hydrogen) atoms. The standard InChI is InChI=1S/C35H38O6/c1-40-32-34(38,24-28-18-10-4-11-19-28)35(39,25-29-20-12-5-13-21-29)33(37,23-27-16-8-3-9-17-27)31(41-32)30(36)22-26-14-6-2-7-15-26/h2-21,30-32,36-39H,22-25H2,1H3/t30?,31-,32?,33-,34-,35+/m1/s1. The molecule has 6 atom stereocenters. The first-order valence-corrected chi connectivity index (χ1v) is 14.0. The minimum atomic E-state index is -2.23. The van der Waals surface area contributed by atoms with Crippen LogP contribution in [0.1, 0.15) is 22.3 Å². The molecule has 4 N–H and O–H groups in total. The highest BCUT2D eigenvalue weighted by Gasteiger charge is 2.72. The van der Waals surface area contributed by atoms with E-state index in [1.807, 2.05) is 121 Å². The van der Waals surface area contributed by atoms with E-state index in [1.165, 1.54) is 7.11 Å². The Morgan fingerprint density at radius 3 is 1.44 bits per heavy atom. The van der Waals surface area contributed by atoms with Crippen LogP contribution in [0.4, 0.5) is 0 Å². The highest BCUT2D eigenvalue weighted by atomic mass is 16.7. The average molecular weight is 555 g/mol. The summed E-state index contributed by atoms with van der Waals surface area (Å²) >= 11 is 0. The van der Waals surface area contributed by atoms with E-state index in [1.54, 1.807) is 0 Å². The molecule has 1 aliphatic rings. The van der Waals surface area contributed by atoms with Gasteiger partial charge in [-0.1, -0.05) is 121 Å². The van der Waals surface area contributed by atoms with Crippen molar-refractivity contribution in [1.82, 2.24) is 0 Å². The van der Waals surface area contributed by atoms with E-state index >= 15 is 0 Å². The van der Waals surface area contributed by atoms with Gasteiger partial charge in [0.25, 0.3) is 0 Å². The molecule has 0 saturated carbocycles. The maximum absolute atomic E-state index is 13.0. The highest BCUT2D eigenvalue weighted by molar-refractivity contribution is 5.33. The van der Waals surface area contributed by atoms with Gasteiger partial charge >= 0.3 is 0 Å². The quantitative estimate of drug-likeness (QED) is 0.238. The lowest BCUT2D eigenvalue weighted by Crippen LogP contribution is -2.83. The Labute approximate surface area is 241 Å². The number of benzene rings is 4. The molecule has 1 heterocycles. The van der Waals surface area contributed by atoms with Crippen molar-refractivity contribution < 1.29 is 29.9 Å². The molecular weight excluding hydrogens is 516 g/mol. The van der Waals surface area contributed by atoms with Crippen LogP contribution >= 0.6 is 0 Å². The van der Waals surface area contributed by atoms with E-state index in [9.17, 15) is 20.4 Å². The summed E-state index contributed by atoms with van der Waals surface area (Å²) in [7, 11) is 1.39. The Bertz CT molecular complexity index is 1370. The first kappa shape index (κ1) is 29.1. The first-order chi connectivity index (χ1) is 19.8. The molecular formula is C35H38O6. The minimum Gasteiger partial charge on any atom is -0.390 e. The van der Waals surface area contributed by atoms with Crippen LogP contribution < -0.4 is 0 Å². The lowest BCUT2D eigenvalue weighted by molar-refractivity contribution is -0.405. The predicted octanol–water partition coefficient (Wildman–Crippen LogP) is 3.88. The molecule has 1 fully saturated rings. The second-order valence-electron chi connectivity index (χ2n) is 11.1. The van der Waals surface area contributed by atoms with Crippen LogP contribution in [0.5, 0.6) is 0 Å². The molecule has 214 valence electrons. The molecule has 0 radical (unpaired) electrons. The van der Waals surface area contributed by atoms with Gasteiger partial charge in [0.2, 0.25) is 0 Å². The number of hydrogen-bond acceptors (Lipinski definition) is 6. The van der Waals surface area contributed by atoms with Crippen molar-refractivity contribution in [3.05, 3.63) is 144 Å². The highest BCUT2D eigenvalue weighted by Crippen LogP contribution is 2.50. The van der Waals surface area contributed by atoms with E-state index in [0.717, 1.165) is 16.7 Å². The third kappa shape index (κ3) is 5.72. The molecule has 0 spiro atoms. The van der Waals surface area contributed by atoms with E-state index in [2.05, 4.69) is 0 Å². The molecule has 6 heteroatoms. The Hall–Kier alpha value is -3.36. The second kappa shape index (κ2) is 12.2. The lowest BCUT2D eigenvalue weighted by Gasteiger charge is -2.61. The van der Waals surface area contributed by atoms with Gasteiger partial charge in [0.1, 0.15) is 17.3 Å². The van der Waals surface area contributed by atoms with Gasteiger partial charge in [-0.15, -0.1) is 0 Å². The summed E-state index contributed by atoms with van der Waals surface area (Å²) in [6.07, 6.45) is -3.99. The molecule has 1 aliphatic heterocycles. The zero-order valence-corrected chi connectivity index (χ0v) is 23.2. The van der Waals surface area contributed by atoms with E-state index in [-0.39, 0.29) is 25.7 Å². The van der Waals surface area contributed by atoms with Crippen LogP contribution in [-0.4, -0.2) is 62.8 Å². The van der Waals surface area contributed by atoms with Crippen LogP contribution in [0.25, 0.3) is 0 Å².